The van der Waals surface area contributed by atoms with Crippen LogP contribution in [0.25, 0.3) is 10.9 Å². The summed E-state index contributed by atoms with van der Waals surface area (Å²) in [4.78, 5) is 18.4. The van der Waals surface area contributed by atoms with Crippen molar-refractivity contribution in [2.45, 2.75) is 44.6 Å². The van der Waals surface area contributed by atoms with Gasteiger partial charge in [-0.2, -0.15) is 9.78 Å². The van der Waals surface area contributed by atoms with Gasteiger partial charge in [0.2, 0.25) is 0 Å². The van der Waals surface area contributed by atoms with Crippen molar-refractivity contribution in [3.8, 4) is 5.75 Å². The number of hydrogen-bond acceptors (Lipinski definition) is 4. The van der Waals surface area contributed by atoms with Crippen LogP contribution in [0.2, 0.25) is 10.0 Å². The highest BCUT2D eigenvalue weighted by molar-refractivity contribution is 9.10. The Hall–Kier alpha value is -2.67. The lowest BCUT2D eigenvalue weighted by Gasteiger charge is -2.22. The molecule has 0 aliphatic heterocycles. The van der Waals surface area contributed by atoms with Crippen LogP contribution in [0.15, 0.2) is 75.0 Å². The highest BCUT2D eigenvalue weighted by atomic mass is 79.9. The van der Waals surface area contributed by atoms with E-state index in [0.29, 0.717) is 33.3 Å². The lowest BCUT2D eigenvalue weighted by atomic mass is 9.88. The van der Waals surface area contributed by atoms with Gasteiger partial charge in [0.1, 0.15) is 18.2 Å². The number of rotatable bonds is 6. The molecular weight excluding hydrogens is 561 g/mol. The van der Waals surface area contributed by atoms with E-state index in [1.807, 2.05) is 42.5 Å². The molecule has 4 aromatic rings. The van der Waals surface area contributed by atoms with Crippen LogP contribution in [0.3, 0.4) is 0 Å². The summed E-state index contributed by atoms with van der Waals surface area (Å²) >= 11 is 15.7. The second-order valence-corrected chi connectivity index (χ2v) is 10.6. The maximum absolute atomic E-state index is 13.5. The van der Waals surface area contributed by atoms with Gasteiger partial charge < -0.3 is 4.74 Å². The van der Waals surface area contributed by atoms with E-state index in [4.69, 9.17) is 32.9 Å². The Labute approximate surface area is 227 Å². The highest BCUT2D eigenvalue weighted by Crippen LogP contribution is 2.32. The standard InChI is InChI=1S/C28H24BrCl2N3O2/c29-21-11-13-26(36-17-18-10-12-23(30)24(31)14-18)20(15-21)16-32-34-27(19-6-2-1-3-7-19)33-25-9-5-4-8-22(25)28(34)35/h4-5,8-16,19H,1-3,6-7,17H2. The molecule has 5 rings (SSSR count). The lowest BCUT2D eigenvalue weighted by molar-refractivity contribution is 0.305. The Morgan fingerprint density at radius 2 is 1.83 bits per heavy atom. The van der Waals surface area contributed by atoms with Gasteiger partial charge in [0, 0.05) is 16.0 Å². The normalized spacial score (nSPS) is 14.5. The van der Waals surface area contributed by atoms with Crippen LogP contribution >= 0.6 is 39.1 Å². The van der Waals surface area contributed by atoms with Gasteiger partial charge in [-0.05, 0) is 60.9 Å². The van der Waals surface area contributed by atoms with Crippen molar-refractivity contribution >= 4 is 56.2 Å². The Morgan fingerprint density at radius 1 is 1.03 bits per heavy atom. The van der Waals surface area contributed by atoms with Crippen LogP contribution in [-0.2, 0) is 6.61 Å². The summed E-state index contributed by atoms with van der Waals surface area (Å²) < 4.78 is 8.44. The van der Waals surface area contributed by atoms with E-state index in [1.165, 1.54) is 11.1 Å². The average molecular weight is 585 g/mol. The summed E-state index contributed by atoms with van der Waals surface area (Å²) in [7, 11) is 0. The number of nitrogens with zero attached hydrogens (tertiary/aromatic N) is 3. The summed E-state index contributed by atoms with van der Waals surface area (Å²) in [6.45, 7) is 0.310. The van der Waals surface area contributed by atoms with Crippen molar-refractivity contribution in [3.63, 3.8) is 0 Å². The van der Waals surface area contributed by atoms with E-state index >= 15 is 0 Å². The number of para-hydroxylation sites is 1. The van der Waals surface area contributed by atoms with Crippen LogP contribution in [0.4, 0.5) is 0 Å². The zero-order valence-electron chi connectivity index (χ0n) is 19.5. The number of fused-ring (bicyclic) bond motifs is 1. The average Bonchev–Trinajstić information content (AvgIpc) is 2.90. The number of halogens is 3. The first-order valence-corrected chi connectivity index (χ1v) is 13.5. The third-order valence-corrected chi connectivity index (χ3v) is 7.64. The lowest BCUT2D eigenvalue weighted by Crippen LogP contribution is -2.25. The number of benzene rings is 3. The maximum Gasteiger partial charge on any atom is 0.282 e. The summed E-state index contributed by atoms with van der Waals surface area (Å²) in [6.07, 6.45) is 7.17. The van der Waals surface area contributed by atoms with E-state index in [9.17, 15) is 4.79 Å². The van der Waals surface area contributed by atoms with Crippen molar-refractivity contribution < 1.29 is 4.74 Å². The minimum absolute atomic E-state index is 0.161. The second-order valence-electron chi connectivity index (χ2n) is 8.90. The molecular formula is C28H24BrCl2N3O2. The number of ether oxygens (including phenoxy) is 1. The predicted molar refractivity (Wildman–Crippen MR) is 150 cm³/mol. The van der Waals surface area contributed by atoms with Gasteiger partial charge in [-0.15, -0.1) is 0 Å². The minimum atomic E-state index is -0.161. The molecule has 5 nitrogen and oxygen atoms in total. The minimum Gasteiger partial charge on any atom is -0.488 e. The molecule has 0 N–H and O–H groups in total. The fourth-order valence-corrected chi connectivity index (χ4v) is 5.24. The largest absolute Gasteiger partial charge is 0.488 e. The Bertz CT molecular complexity index is 1500. The molecule has 1 heterocycles. The van der Waals surface area contributed by atoms with Gasteiger partial charge in [-0.25, -0.2) is 4.98 Å². The summed E-state index contributed by atoms with van der Waals surface area (Å²) in [5.74, 6) is 1.57. The highest BCUT2D eigenvalue weighted by Gasteiger charge is 2.22. The molecule has 184 valence electrons. The van der Waals surface area contributed by atoms with Gasteiger partial charge in [-0.3, -0.25) is 4.79 Å². The Morgan fingerprint density at radius 3 is 2.64 bits per heavy atom. The van der Waals surface area contributed by atoms with Gasteiger partial charge in [0.25, 0.3) is 5.56 Å². The monoisotopic (exact) mass is 583 g/mol. The molecule has 8 heteroatoms. The van der Waals surface area contributed by atoms with E-state index in [0.717, 1.165) is 47.1 Å². The maximum atomic E-state index is 13.5. The smallest absolute Gasteiger partial charge is 0.282 e. The zero-order chi connectivity index (χ0) is 25.1. The predicted octanol–water partition coefficient (Wildman–Crippen LogP) is 7.97. The molecule has 0 spiro atoms. The first-order chi connectivity index (χ1) is 17.5. The van der Waals surface area contributed by atoms with Crippen LogP contribution in [0, 0.1) is 0 Å². The molecule has 0 bridgehead atoms. The first kappa shape index (κ1) is 25.0. The number of aromatic nitrogens is 2. The molecule has 3 aromatic carbocycles. The van der Waals surface area contributed by atoms with Crippen molar-refractivity contribution in [1.29, 1.82) is 0 Å². The van der Waals surface area contributed by atoms with Gasteiger partial charge >= 0.3 is 0 Å². The third kappa shape index (κ3) is 5.51. The van der Waals surface area contributed by atoms with Gasteiger partial charge in [0.15, 0.2) is 0 Å². The van der Waals surface area contributed by atoms with Crippen LogP contribution in [-0.4, -0.2) is 15.9 Å². The van der Waals surface area contributed by atoms with Crippen molar-refractivity contribution in [3.05, 3.63) is 102 Å². The Kier molecular flexibility index (Phi) is 7.75. The fraction of sp³-hybridized carbons (Fsp3) is 0.250. The van der Waals surface area contributed by atoms with Crippen molar-refractivity contribution in [1.82, 2.24) is 9.66 Å². The zero-order valence-corrected chi connectivity index (χ0v) is 22.6. The molecule has 1 saturated carbocycles. The molecule has 1 aromatic heterocycles. The van der Waals surface area contributed by atoms with Gasteiger partial charge in [-0.1, -0.05) is 76.6 Å². The second kappa shape index (κ2) is 11.2. The fourth-order valence-electron chi connectivity index (χ4n) is 4.54. The SMILES string of the molecule is O=c1c2ccccc2nc(C2CCCCC2)n1N=Cc1cc(Br)ccc1OCc1ccc(Cl)c(Cl)c1. The van der Waals surface area contributed by atoms with E-state index in [2.05, 4.69) is 21.0 Å². The first-order valence-electron chi connectivity index (χ1n) is 11.9. The Balaban J connectivity index is 1.51. The summed E-state index contributed by atoms with van der Waals surface area (Å²) in [6, 6.07) is 18.5. The van der Waals surface area contributed by atoms with Crippen molar-refractivity contribution in [2.75, 3.05) is 0 Å². The number of hydrogen-bond donors (Lipinski definition) is 0. The molecule has 0 unspecified atom stereocenters. The molecule has 0 atom stereocenters. The van der Waals surface area contributed by atoms with E-state index in [1.54, 1.807) is 24.4 Å². The molecule has 0 saturated heterocycles. The molecule has 36 heavy (non-hydrogen) atoms. The molecule has 1 aliphatic rings. The van der Waals surface area contributed by atoms with Crippen molar-refractivity contribution in [2.24, 2.45) is 5.10 Å². The van der Waals surface area contributed by atoms with E-state index in [-0.39, 0.29) is 11.5 Å². The quantitative estimate of drug-likeness (QED) is 0.216. The molecule has 1 fully saturated rings. The summed E-state index contributed by atoms with van der Waals surface area (Å²) in [5, 5.41) is 6.20. The van der Waals surface area contributed by atoms with Crippen LogP contribution in [0.1, 0.15) is 55.0 Å². The van der Waals surface area contributed by atoms with Gasteiger partial charge in [0.05, 0.1) is 27.2 Å². The third-order valence-electron chi connectivity index (χ3n) is 6.41. The van der Waals surface area contributed by atoms with Crippen LogP contribution < -0.4 is 10.3 Å². The molecule has 0 radical (unpaired) electrons. The topological polar surface area (TPSA) is 56.5 Å². The van der Waals surface area contributed by atoms with E-state index < -0.39 is 0 Å². The molecule has 0 amide bonds. The molecule has 1 aliphatic carbocycles. The van der Waals surface area contributed by atoms with Crippen LogP contribution in [0.5, 0.6) is 5.75 Å². The summed E-state index contributed by atoms with van der Waals surface area (Å²) in [5.41, 5.74) is 2.18.